The molecule has 1 aliphatic heterocycles. The summed E-state index contributed by atoms with van der Waals surface area (Å²) < 4.78 is 5.06. The summed E-state index contributed by atoms with van der Waals surface area (Å²) in [5.74, 6) is -1.51. The number of carbonyl (C=O) groups is 2. The molecule has 4 N–H and O–H groups in total. The smallest absolute Gasteiger partial charge is 0.324 e. The number of rotatable bonds is 4. The minimum atomic E-state index is -1.05. The number of hydrogen-bond acceptors (Lipinski definition) is 4. The minimum Gasteiger partial charge on any atom is -0.480 e. The van der Waals surface area contributed by atoms with Crippen molar-refractivity contribution in [2.45, 2.75) is 18.4 Å². The highest BCUT2D eigenvalue weighted by Crippen LogP contribution is 2.20. The second-order valence-electron chi connectivity index (χ2n) is 3.32. The van der Waals surface area contributed by atoms with Crippen LogP contribution in [0.25, 0.3) is 0 Å². The quantitative estimate of drug-likeness (QED) is 0.525. The largest absolute Gasteiger partial charge is 0.480 e. The molecule has 0 unspecified atom stereocenters. The van der Waals surface area contributed by atoms with Crippen molar-refractivity contribution >= 4 is 11.9 Å². The summed E-state index contributed by atoms with van der Waals surface area (Å²) in [6.07, 6.45) is 0.714. The number of carbonyl (C=O) groups excluding carboxylic acids is 1. The maximum atomic E-state index is 11.0. The summed E-state index contributed by atoms with van der Waals surface area (Å²) in [5.41, 5.74) is 3.89. The third-order valence-corrected chi connectivity index (χ3v) is 2.36. The van der Waals surface area contributed by atoms with Gasteiger partial charge in [0.15, 0.2) is 0 Å². The molecule has 0 aromatic rings. The maximum absolute atomic E-state index is 11.0. The fraction of sp³-hybridized carbons (Fsp3) is 0.750. The van der Waals surface area contributed by atoms with Gasteiger partial charge in [0.25, 0.3) is 0 Å². The van der Waals surface area contributed by atoms with E-state index in [1.54, 1.807) is 0 Å². The third-order valence-electron chi connectivity index (χ3n) is 2.36. The molecule has 0 radical (unpaired) electrons. The number of hydrogen-bond donors (Lipinski definition) is 3. The zero-order valence-corrected chi connectivity index (χ0v) is 7.78. The van der Waals surface area contributed by atoms with Gasteiger partial charge in [0.05, 0.1) is 6.54 Å². The first kappa shape index (κ1) is 10.9. The third kappa shape index (κ3) is 2.43. The van der Waals surface area contributed by atoms with Gasteiger partial charge in [0, 0.05) is 13.2 Å². The first-order valence-electron chi connectivity index (χ1n) is 4.41. The number of nitrogens with two attached hydrogens (primary N) is 1. The molecule has 6 heteroatoms. The van der Waals surface area contributed by atoms with Crippen molar-refractivity contribution in [1.82, 2.24) is 5.32 Å². The average Bonchev–Trinajstić information content (AvgIpc) is 2.16. The predicted molar refractivity (Wildman–Crippen MR) is 47.6 cm³/mol. The topological polar surface area (TPSA) is 102 Å². The van der Waals surface area contributed by atoms with E-state index in [0.717, 1.165) is 0 Å². The average molecular weight is 202 g/mol. The molecule has 0 spiro atoms. The Hall–Kier alpha value is -1.14. The Morgan fingerprint density at radius 3 is 2.43 bits per heavy atom. The molecule has 1 heterocycles. The van der Waals surface area contributed by atoms with Gasteiger partial charge in [-0.15, -0.1) is 0 Å². The number of primary amides is 1. The van der Waals surface area contributed by atoms with Crippen LogP contribution in [-0.4, -0.2) is 42.3 Å². The van der Waals surface area contributed by atoms with Crippen molar-refractivity contribution in [2.24, 2.45) is 5.73 Å². The molecule has 0 aromatic carbocycles. The molecule has 0 atom stereocenters. The van der Waals surface area contributed by atoms with Gasteiger partial charge in [-0.25, -0.2) is 0 Å². The maximum Gasteiger partial charge on any atom is 0.324 e. The lowest BCUT2D eigenvalue weighted by Gasteiger charge is -2.33. The molecule has 1 aliphatic rings. The monoisotopic (exact) mass is 202 g/mol. The van der Waals surface area contributed by atoms with Crippen molar-refractivity contribution in [3.05, 3.63) is 0 Å². The fourth-order valence-corrected chi connectivity index (χ4v) is 1.44. The van der Waals surface area contributed by atoms with Crippen LogP contribution in [-0.2, 0) is 14.3 Å². The van der Waals surface area contributed by atoms with Crippen LogP contribution in [0.15, 0.2) is 0 Å². The minimum absolute atomic E-state index is 0.119. The number of nitrogens with one attached hydrogen (secondary N) is 1. The second kappa shape index (κ2) is 4.39. The first-order valence-corrected chi connectivity index (χ1v) is 4.41. The van der Waals surface area contributed by atoms with Crippen molar-refractivity contribution in [3.8, 4) is 0 Å². The Bertz CT molecular complexity index is 235. The Morgan fingerprint density at radius 1 is 1.43 bits per heavy atom. The molecule has 1 amide bonds. The molecule has 80 valence electrons. The molecular formula is C8H14N2O4. The lowest BCUT2D eigenvalue weighted by Crippen LogP contribution is -2.57. The van der Waals surface area contributed by atoms with E-state index in [2.05, 4.69) is 5.32 Å². The van der Waals surface area contributed by atoms with Crippen molar-refractivity contribution in [1.29, 1.82) is 0 Å². The van der Waals surface area contributed by atoms with Crippen LogP contribution in [0.4, 0.5) is 0 Å². The van der Waals surface area contributed by atoms with Crippen LogP contribution in [0.2, 0.25) is 0 Å². The normalized spacial score (nSPS) is 20.3. The van der Waals surface area contributed by atoms with E-state index >= 15 is 0 Å². The zero-order chi connectivity index (χ0) is 10.6. The molecule has 0 saturated carbocycles. The van der Waals surface area contributed by atoms with E-state index in [9.17, 15) is 9.59 Å². The molecular weight excluding hydrogens is 188 g/mol. The summed E-state index contributed by atoms with van der Waals surface area (Å²) in [4.78, 5) is 21.6. The Balaban J connectivity index is 2.60. The van der Waals surface area contributed by atoms with Crippen LogP contribution >= 0.6 is 0 Å². The Kier molecular flexibility index (Phi) is 3.43. The van der Waals surface area contributed by atoms with Crippen molar-refractivity contribution in [3.63, 3.8) is 0 Å². The number of aliphatic carboxylic acids is 1. The van der Waals surface area contributed by atoms with Gasteiger partial charge in [0.2, 0.25) is 5.91 Å². The van der Waals surface area contributed by atoms with Gasteiger partial charge < -0.3 is 15.6 Å². The van der Waals surface area contributed by atoms with Gasteiger partial charge in [-0.3, -0.25) is 14.9 Å². The van der Waals surface area contributed by atoms with E-state index in [0.29, 0.717) is 26.1 Å². The lowest BCUT2D eigenvalue weighted by molar-refractivity contribution is -0.149. The van der Waals surface area contributed by atoms with Crippen LogP contribution in [0.5, 0.6) is 0 Å². The summed E-state index contributed by atoms with van der Waals surface area (Å²) >= 11 is 0. The van der Waals surface area contributed by atoms with Crippen LogP contribution in [0.3, 0.4) is 0 Å². The highest BCUT2D eigenvalue weighted by molar-refractivity contribution is 5.81. The molecule has 6 nitrogen and oxygen atoms in total. The number of carboxylic acids is 1. The van der Waals surface area contributed by atoms with Gasteiger partial charge in [-0.05, 0) is 12.8 Å². The Morgan fingerprint density at radius 2 is 2.00 bits per heavy atom. The lowest BCUT2D eigenvalue weighted by atomic mass is 9.90. The highest BCUT2D eigenvalue weighted by Gasteiger charge is 2.39. The van der Waals surface area contributed by atoms with E-state index in [4.69, 9.17) is 15.6 Å². The van der Waals surface area contributed by atoms with Crippen LogP contribution in [0, 0.1) is 0 Å². The standard InChI is InChI=1S/C8H14N2O4/c9-6(11)5-10-8(7(12)13)1-3-14-4-2-8/h10H,1-5H2,(H2,9,11)(H,12,13). The van der Waals surface area contributed by atoms with Crippen molar-refractivity contribution in [2.75, 3.05) is 19.8 Å². The van der Waals surface area contributed by atoms with Gasteiger partial charge in [0.1, 0.15) is 5.54 Å². The summed E-state index contributed by atoms with van der Waals surface area (Å²) in [5, 5.41) is 11.7. The molecule has 1 saturated heterocycles. The molecule has 0 aromatic heterocycles. The second-order valence-corrected chi connectivity index (χ2v) is 3.32. The fourth-order valence-electron chi connectivity index (χ4n) is 1.44. The SMILES string of the molecule is NC(=O)CNC1(C(=O)O)CCOCC1. The summed E-state index contributed by atoms with van der Waals surface area (Å²) in [6, 6.07) is 0. The molecule has 0 aliphatic carbocycles. The van der Waals surface area contributed by atoms with Crippen molar-refractivity contribution < 1.29 is 19.4 Å². The van der Waals surface area contributed by atoms with Gasteiger partial charge >= 0.3 is 5.97 Å². The number of carboxylic acid groups (broad SMARTS) is 1. The van der Waals surface area contributed by atoms with E-state index in [1.807, 2.05) is 0 Å². The molecule has 1 fully saturated rings. The zero-order valence-electron chi connectivity index (χ0n) is 7.78. The molecule has 1 rings (SSSR count). The summed E-state index contributed by atoms with van der Waals surface area (Å²) in [6.45, 7) is 0.655. The van der Waals surface area contributed by atoms with Crippen LogP contribution in [0.1, 0.15) is 12.8 Å². The predicted octanol–water partition coefficient (Wildman–Crippen LogP) is -1.30. The number of amides is 1. The first-order chi connectivity index (χ1) is 6.57. The highest BCUT2D eigenvalue weighted by atomic mass is 16.5. The van der Waals surface area contributed by atoms with E-state index in [-0.39, 0.29) is 6.54 Å². The summed E-state index contributed by atoms with van der Waals surface area (Å²) in [7, 11) is 0. The van der Waals surface area contributed by atoms with Gasteiger partial charge in [-0.2, -0.15) is 0 Å². The van der Waals surface area contributed by atoms with Crippen LogP contribution < -0.4 is 11.1 Å². The van der Waals surface area contributed by atoms with Gasteiger partial charge in [-0.1, -0.05) is 0 Å². The van der Waals surface area contributed by atoms with E-state index < -0.39 is 17.4 Å². The molecule has 0 bridgehead atoms. The number of ether oxygens (including phenoxy) is 1. The van der Waals surface area contributed by atoms with E-state index in [1.165, 1.54) is 0 Å². The Labute approximate surface area is 81.4 Å². The molecule has 14 heavy (non-hydrogen) atoms.